The number of hydrogen-bond donors (Lipinski definition) is 1. The van der Waals surface area contributed by atoms with Gasteiger partial charge in [-0.15, -0.1) is 0 Å². The van der Waals surface area contributed by atoms with Crippen LogP contribution in [-0.2, 0) is 6.54 Å². The molecule has 0 bridgehead atoms. The van der Waals surface area contributed by atoms with Gasteiger partial charge >= 0.3 is 0 Å². The summed E-state index contributed by atoms with van der Waals surface area (Å²) < 4.78 is 13.5. The Kier molecular flexibility index (Phi) is 5.80. The smallest absolute Gasteiger partial charge is 0.123 e. The first-order valence-corrected chi connectivity index (χ1v) is 7.15. The molecule has 0 saturated heterocycles. The molecule has 0 aliphatic rings. The van der Waals surface area contributed by atoms with Crippen LogP contribution in [-0.4, -0.2) is 19.1 Å². The minimum absolute atomic E-state index is 0.0668. The molecule has 0 aromatic heterocycles. The van der Waals surface area contributed by atoms with E-state index in [9.17, 15) is 4.39 Å². The van der Waals surface area contributed by atoms with E-state index in [1.165, 1.54) is 0 Å². The van der Waals surface area contributed by atoms with Crippen LogP contribution in [0.3, 0.4) is 0 Å². The molecule has 0 saturated carbocycles. The van der Waals surface area contributed by atoms with Crippen LogP contribution in [0.2, 0.25) is 0 Å². The Morgan fingerprint density at radius 1 is 1.26 bits per heavy atom. The Bertz CT molecular complexity index is 402. The first-order valence-electron chi connectivity index (χ1n) is 7.15. The molecule has 19 heavy (non-hydrogen) atoms. The molecule has 0 amide bonds. The van der Waals surface area contributed by atoms with E-state index < -0.39 is 0 Å². The van der Waals surface area contributed by atoms with Gasteiger partial charge in [-0.2, -0.15) is 0 Å². The summed E-state index contributed by atoms with van der Waals surface area (Å²) in [6.45, 7) is 10.4. The van der Waals surface area contributed by atoms with Crippen LogP contribution in [0.25, 0.3) is 0 Å². The maximum atomic E-state index is 13.5. The number of halogens is 1. The Morgan fingerprint density at radius 2 is 1.95 bits per heavy atom. The molecule has 0 atom stereocenters. The highest BCUT2D eigenvalue weighted by molar-refractivity contribution is 5.55. The number of benzene rings is 1. The predicted molar refractivity (Wildman–Crippen MR) is 81.2 cm³/mol. The largest absolute Gasteiger partial charge is 0.369 e. The van der Waals surface area contributed by atoms with E-state index in [-0.39, 0.29) is 11.4 Å². The van der Waals surface area contributed by atoms with Crippen LogP contribution in [0.15, 0.2) is 18.2 Å². The second kappa shape index (κ2) is 6.90. The summed E-state index contributed by atoms with van der Waals surface area (Å²) in [6, 6.07) is 5.07. The molecule has 1 rings (SSSR count). The Hall–Kier alpha value is -1.09. The molecular weight excluding hydrogens is 239 g/mol. The van der Waals surface area contributed by atoms with Crippen LogP contribution < -0.4 is 10.2 Å². The highest BCUT2D eigenvalue weighted by Crippen LogP contribution is 2.28. The van der Waals surface area contributed by atoms with Gasteiger partial charge in [-0.25, -0.2) is 4.39 Å². The van der Waals surface area contributed by atoms with Crippen molar-refractivity contribution in [1.29, 1.82) is 0 Å². The number of nitrogens with one attached hydrogen (secondary N) is 1. The molecule has 1 aromatic rings. The van der Waals surface area contributed by atoms with Crippen LogP contribution >= 0.6 is 0 Å². The molecule has 0 fully saturated rings. The summed E-state index contributed by atoms with van der Waals surface area (Å²) >= 11 is 0. The lowest BCUT2D eigenvalue weighted by Crippen LogP contribution is -2.41. The van der Waals surface area contributed by atoms with Crippen molar-refractivity contribution < 1.29 is 4.39 Å². The van der Waals surface area contributed by atoms with Gasteiger partial charge in [0.2, 0.25) is 0 Å². The fraction of sp³-hybridized carbons (Fsp3) is 0.625. The molecule has 108 valence electrons. The summed E-state index contributed by atoms with van der Waals surface area (Å²) in [5.74, 6) is -0.167. The van der Waals surface area contributed by atoms with E-state index >= 15 is 0 Å². The Labute approximate surface area is 117 Å². The molecule has 2 nitrogen and oxygen atoms in total. The van der Waals surface area contributed by atoms with Crippen molar-refractivity contribution in [2.24, 2.45) is 0 Å². The van der Waals surface area contributed by atoms with E-state index in [2.05, 4.69) is 45.0 Å². The third kappa shape index (κ3) is 4.20. The van der Waals surface area contributed by atoms with E-state index in [0.717, 1.165) is 30.6 Å². The number of anilines is 1. The van der Waals surface area contributed by atoms with Crippen LogP contribution in [0.4, 0.5) is 10.1 Å². The van der Waals surface area contributed by atoms with Crippen molar-refractivity contribution in [3.63, 3.8) is 0 Å². The topological polar surface area (TPSA) is 15.3 Å². The minimum Gasteiger partial charge on any atom is -0.369 e. The highest BCUT2D eigenvalue weighted by Gasteiger charge is 2.23. The molecule has 3 heteroatoms. The van der Waals surface area contributed by atoms with Crippen molar-refractivity contribution in [1.82, 2.24) is 5.32 Å². The van der Waals surface area contributed by atoms with Crippen molar-refractivity contribution in [3.05, 3.63) is 29.6 Å². The normalized spacial score (nSPS) is 11.7. The second-order valence-electron chi connectivity index (χ2n) is 5.67. The monoisotopic (exact) mass is 266 g/mol. The van der Waals surface area contributed by atoms with Crippen LogP contribution in [0.1, 0.15) is 46.1 Å². The fourth-order valence-electron chi connectivity index (χ4n) is 1.99. The van der Waals surface area contributed by atoms with Gasteiger partial charge in [-0.05, 0) is 57.0 Å². The van der Waals surface area contributed by atoms with E-state index in [0.29, 0.717) is 6.54 Å². The zero-order valence-corrected chi connectivity index (χ0v) is 12.9. The lowest BCUT2D eigenvalue weighted by atomic mass is 9.98. The first kappa shape index (κ1) is 16.0. The third-order valence-corrected chi connectivity index (χ3v) is 3.92. The first-order chi connectivity index (χ1) is 8.92. The van der Waals surface area contributed by atoms with Gasteiger partial charge in [0.1, 0.15) is 5.82 Å². The summed E-state index contributed by atoms with van der Waals surface area (Å²) in [5, 5.41) is 3.35. The summed E-state index contributed by atoms with van der Waals surface area (Å²) in [7, 11) is 2.08. The quantitative estimate of drug-likeness (QED) is 0.752. The van der Waals surface area contributed by atoms with Gasteiger partial charge in [-0.3, -0.25) is 0 Å². The zero-order chi connectivity index (χ0) is 14.5. The lowest BCUT2D eigenvalue weighted by molar-refractivity contribution is 0.468. The van der Waals surface area contributed by atoms with Gasteiger partial charge < -0.3 is 10.2 Å². The molecular formula is C16H27FN2. The highest BCUT2D eigenvalue weighted by atomic mass is 19.1. The maximum Gasteiger partial charge on any atom is 0.123 e. The van der Waals surface area contributed by atoms with Crippen LogP contribution in [0.5, 0.6) is 0 Å². The van der Waals surface area contributed by atoms with Gasteiger partial charge in [0.15, 0.2) is 0 Å². The molecule has 0 spiro atoms. The average Bonchev–Trinajstić information content (AvgIpc) is 2.38. The van der Waals surface area contributed by atoms with Crippen LogP contribution in [0, 0.1) is 5.82 Å². The predicted octanol–water partition coefficient (Wildman–Crippen LogP) is 3.95. The van der Waals surface area contributed by atoms with Crippen molar-refractivity contribution >= 4 is 5.69 Å². The van der Waals surface area contributed by atoms with Gasteiger partial charge in [0, 0.05) is 24.8 Å². The molecule has 0 radical (unpaired) electrons. The lowest BCUT2D eigenvalue weighted by Gasteiger charge is -2.38. The number of rotatable bonds is 7. The van der Waals surface area contributed by atoms with Gasteiger partial charge in [-0.1, -0.05) is 13.8 Å². The second-order valence-corrected chi connectivity index (χ2v) is 5.67. The van der Waals surface area contributed by atoms with Crippen molar-refractivity contribution in [2.75, 3.05) is 18.5 Å². The van der Waals surface area contributed by atoms with Gasteiger partial charge in [0.05, 0.1) is 0 Å². The standard InChI is InChI=1S/C16H27FN2/c1-6-10-18-12-13-11-14(17)8-9-15(13)19(5)16(3,4)7-2/h8-9,11,18H,6-7,10,12H2,1-5H3. The van der Waals surface area contributed by atoms with E-state index in [1.807, 2.05) is 6.07 Å². The Morgan fingerprint density at radius 3 is 2.53 bits per heavy atom. The molecule has 0 aliphatic carbocycles. The number of nitrogens with zero attached hydrogens (tertiary/aromatic N) is 1. The SMILES string of the molecule is CCCNCc1cc(F)ccc1N(C)C(C)(C)CC. The van der Waals surface area contributed by atoms with Crippen molar-refractivity contribution in [2.45, 2.75) is 52.6 Å². The zero-order valence-electron chi connectivity index (χ0n) is 12.9. The summed E-state index contributed by atoms with van der Waals surface area (Å²) in [4.78, 5) is 2.25. The molecule has 1 aromatic carbocycles. The van der Waals surface area contributed by atoms with E-state index in [1.54, 1.807) is 12.1 Å². The third-order valence-electron chi connectivity index (χ3n) is 3.92. The van der Waals surface area contributed by atoms with E-state index in [4.69, 9.17) is 0 Å². The van der Waals surface area contributed by atoms with Crippen molar-refractivity contribution in [3.8, 4) is 0 Å². The molecule has 0 aliphatic heterocycles. The minimum atomic E-state index is -0.167. The van der Waals surface area contributed by atoms with Gasteiger partial charge in [0.25, 0.3) is 0 Å². The molecule has 1 N–H and O–H groups in total. The number of hydrogen-bond acceptors (Lipinski definition) is 2. The molecule has 0 heterocycles. The summed E-state index contributed by atoms with van der Waals surface area (Å²) in [6.07, 6.45) is 2.13. The molecule has 0 unspecified atom stereocenters. The average molecular weight is 266 g/mol. The summed E-state index contributed by atoms with van der Waals surface area (Å²) in [5.41, 5.74) is 2.20. The fourth-order valence-corrected chi connectivity index (χ4v) is 1.99. The Balaban J connectivity index is 2.98. The maximum absolute atomic E-state index is 13.5.